The molecular formula is C20H30N2O3. The molecule has 2 rings (SSSR count). The van der Waals surface area contributed by atoms with E-state index in [1.54, 1.807) is 0 Å². The van der Waals surface area contributed by atoms with E-state index in [0.29, 0.717) is 19.5 Å². The Morgan fingerprint density at radius 1 is 1.24 bits per heavy atom. The number of alkyl carbamates (subject to hydrolysis) is 1. The average molecular weight is 346 g/mol. The van der Waals surface area contributed by atoms with Gasteiger partial charge in [-0.25, -0.2) is 4.79 Å². The topological polar surface area (TPSA) is 58.6 Å². The Labute approximate surface area is 150 Å². The van der Waals surface area contributed by atoms with Crippen molar-refractivity contribution in [1.29, 1.82) is 0 Å². The highest BCUT2D eigenvalue weighted by molar-refractivity contribution is 5.76. The van der Waals surface area contributed by atoms with Crippen LogP contribution in [-0.2, 0) is 16.0 Å². The van der Waals surface area contributed by atoms with E-state index < -0.39 is 5.60 Å². The zero-order valence-corrected chi connectivity index (χ0v) is 15.7. The zero-order chi connectivity index (χ0) is 18.4. The van der Waals surface area contributed by atoms with Crippen molar-refractivity contribution < 1.29 is 14.3 Å². The fourth-order valence-corrected chi connectivity index (χ4v) is 3.10. The Hall–Kier alpha value is -2.04. The van der Waals surface area contributed by atoms with Crippen molar-refractivity contribution >= 4 is 12.0 Å². The van der Waals surface area contributed by atoms with Gasteiger partial charge in [0, 0.05) is 25.6 Å². The standard InChI is InChI=1S/C20H30N2O3/c1-15-14-22(18(23)11-10-16-8-6-5-7-9-16)13-12-17(15)21-19(24)25-20(2,3)4/h5-9,15,17H,10-14H2,1-4H3,(H,21,24)/t15-,17+/m1/s1. The van der Waals surface area contributed by atoms with Gasteiger partial charge in [-0.3, -0.25) is 4.79 Å². The maximum absolute atomic E-state index is 12.4. The largest absolute Gasteiger partial charge is 0.444 e. The molecule has 1 N–H and O–H groups in total. The summed E-state index contributed by atoms with van der Waals surface area (Å²) in [5.74, 6) is 0.397. The molecule has 1 aliphatic heterocycles. The van der Waals surface area contributed by atoms with Crippen LogP contribution in [0.1, 0.15) is 46.1 Å². The quantitative estimate of drug-likeness (QED) is 0.909. The van der Waals surface area contributed by atoms with Crippen molar-refractivity contribution in [3.8, 4) is 0 Å². The first-order chi connectivity index (χ1) is 11.7. The SMILES string of the molecule is C[C@@H]1CN(C(=O)CCc2ccccc2)CC[C@@H]1NC(=O)OC(C)(C)C. The van der Waals surface area contributed by atoms with Crippen molar-refractivity contribution in [1.82, 2.24) is 10.2 Å². The van der Waals surface area contributed by atoms with E-state index in [9.17, 15) is 9.59 Å². The first kappa shape index (κ1) is 19.3. The lowest BCUT2D eigenvalue weighted by atomic mass is 9.93. The highest BCUT2D eigenvalue weighted by atomic mass is 16.6. The number of nitrogens with zero attached hydrogens (tertiary/aromatic N) is 1. The average Bonchev–Trinajstić information content (AvgIpc) is 2.53. The predicted molar refractivity (Wildman–Crippen MR) is 98.3 cm³/mol. The number of amides is 2. The van der Waals surface area contributed by atoms with Crippen LogP contribution in [0.4, 0.5) is 4.79 Å². The first-order valence-corrected chi connectivity index (χ1v) is 9.06. The van der Waals surface area contributed by atoms with Gasteiger partial charge in [0.2, 0.25) is 5.91 Å². The second kappa shape index (κ2) is 8.37. The molecule has 1 aliphatic rings. The van der Waals surface area contributed by atoms with E-state index in [0.717, 1.165) is 12.8 Å². The van der Waals surface area contributed by atoms with Gasteiger partial charge < -0.3 is 15.0 Å². The number of piperidine rings is 1. The van der Waals surface area contributed by atoms with Crippen LogP contribution in [0, 0.1) is 5.92 Å². The molecule has 0 bridgehead atoms. The third-order valence-electron chi connectivity index (χ3n) is 4.43. The van der Waals surface area contributed by atoms with Gasteiger partial charge in [-0.2, -0.15) is 0 Å². The normalized spacial score (nSPS) is 20.9. The van der Waals surface area contributed by atoms with Gasteiger partial charge in [-0.1, -0.05) is 37.3 Å². The predicted octanol–water partition coefficient (Wildman–Crippen LogP) is 3.38. The second-order valence-electron chi connectivity index (χ2n) is 7.84. The summed E-state index contributed by atoms with van der Waals surface area (Å²) in [5.41, 5.74) is 0.687. The fraction of sp³-hybridized carbons (Fsp3) is 0.600. The molecule has 0 saturated carbocycles. The molecule has 1 heterocycles. The van der Waals surface area contributed by atoms with Crippen LogP contribution in [0.2, 0.25) is 0 Å². The number of benzene rings is 1. The Bertz CT molecular complexity index is 580. The maximum Gasteiger partial charge on any atom is 0.407 e. The minimum Gasteiger partial charge on any atom is -0.444 e. The lowest BCUT2D eigenvalue weighted by molar-refractivity contribution is -0.133. The van der Waals surface area contributed by atoms with Crippen LogP contribution in [0.15, 0.2) is 30.3 Å². The van der Waals surface area contributed by atoms with E-state index in [-0.39, 0.29) is 24.0 Å². The van der Waals surface area contributed by atoms with Gasteiger partial charge in [0.1, 0.15) is 5.60 Å². The van der Waals surface area contributed by atoms with Gasteiger partial charge in [-0.05, 0) is 45.1 Å². The molecule has 138 valence electrons. The molecule has 0 unspecified atom stereocenters. The minimum atomic E-state index is -0.499. The van der Waals surface area contributed by atoms with Crippen LogP contribution in [0.3, 0.4) is 0 Å². The minimum absolute atomic E-state index is 0.0491. The van der Waals surface area contributed by atoms with Gasteiger partial charge in [0.15, 0.2) is 0 Å². The highest BCUT2D eigenvalue weighted by Gasteiger charge is 2.30. The fourth-order valence-electron chi connectivity index (χ4n) is 3.10. The molecule has 0 aromatic heterocycles. The van der Waals surface area contributed by atoms with E-state index in [2.05, 4.69) is 12.2 Å². The monoisotopic (exact) mass is 346 g/mol. The van der Waals surface area contributed by atoms with E-state index >= 15 is 0 Å². The van der Waals surface area contributed by atoms with Crippen LogP contribution in [-0.4, -0.2) is 41.6 Å². The van der Waals surface area contributed by atoms with Gasteiger partial charge in [0.25, 0.3) is 0 Å². The molecule has 0 aliphatic carbocycles. The summed E-state index contributed by atoms with van der Waals surface area (Å²) in [4.78, 5) is 26.3. The van der Waals surface area contributed by atoms with Crippen LogP contribution in [0.25, 0.3) is 0 Å². The summed E-state index contributed by atoms with van der Waals surface area (Å²) in [6.45, 7) is 8.98. The molecule has 0 radical (unpaired) electrons. The Morgan fingerprint density at radius 2 is 1.92 bits per heavy atom. The molecule has 1 saturated heterocycles. The Morgan fingerprint density at radius 3 is 2.52 bits per heavy atom. The van der Waals surface area contributed by atoms with Crippen molar-refractivity contribution in [2.24, 2.45) is 5.92 Å². The smallest absolute Gasteiger partial charge is 0.407 e. The Balaban J connectivity index is 1.78. The van der Waals surface area contributed by atoms with E-state index in [1.807, 2.05) is 56.0 Å². The second-order valence-corrected chi connectivity index (χ2v) is 7.84. The van der Waals surface area contributed by atoms with Gasteiger partial charge >= 0.3 is 6.09 Å². The highest BCUT2D eigenvalue weighted by Crippen LogP contribution is 2.19. The van der Waals surface area contributed by atoms with Crippen LogP contribution in [0.5, 0.6) is 0 Å². The molecule has 25 heavy (non-hydrogen) atoms. The zero-order valence-electron chi connectivity index (χ0n) is 15.7. The van der Waals surface area contributed by atoms with Crippen LogP contribution < -0.4 is 5.32 Å². The van der Waals surface area contributed by atoms with Crippen molar-refractivity contribution in [3.05, 3.63) is 35.9 Å². The number of likely N-dealkylation sites (tertiary alicyclic amines) is 1. The molecule has 2 atom stereocenters. The molecular weight excluding hydrogens is 316 g/mol. The number of rotatable bonds is 4. The van der Waals surface area contributed by atoms with Crippen molar-refractivity contribution in [2.45, 2.75) is 58.6 Å². The van der Waals surface area contributed by atoms with Gasteiger partial charge in [-0.15, -0.1) is 0 Å². The third-order valence-corrected chi connectivity index (χ3v) is 4.43. The molecule has 1 aromatic rings. The van der Waals surface area contributed by atoms with Crippen molar-refractivity contribution in [3.63, 3.8) is 0 Å². The lowest BCUT2D eigenvalue weighted by Crippen LogP contribution is -2.52. The number of ether oxygens (including phenoxy) is 1. The number of carbonyl (C=O) groups excluding carboxylic acids is 2. The number of aryl methyl sites for hydroxylation is 1. The number of hydrogen-bond donors (Lipinski definition) is 1. The van der Waals surface area contributed by atoms with E-state index in [1.165, 1.54) is 5.56 Å². The summed E-state index contributed by atoms with van der Waals surface area (Å²) in [6.07, 6.45) is 1.68. The summed E-state index contributed by atoms with van der Waals surface area (Å²) < 4.78 is 5.32. The Kier molecular flexibility index (Phi) is 6.45. The van der Waals surface area contributed by atoms with E-state index in [4.69, 9.17) is 4.74 Å². The summed E-state index contributed by atoms with van der Waals surface area (Å²) in [6, 6.07) is 10.1. The first-order valence-electron chi connectivity index (χ1n) is 9.06. The maximum atomic E-state index is 12.4. The molecule has 5 heteroatoms. The number of hydrogen-bond acceptors (Lipinski definition) is 3. The lowest BCUT2D eigenvalue weighted by Gasteiger charge is -2.37. The summed E-state index contributed by atoms with van der Waals surface area (Å²) in [5, 5.41) is 2.94. The number of carbonyl (C=O) groups is 2. The molecule has 0 spiro atoms. The van der Waals surface area contributed by atoms with Gasteiger partial charge in [0.05, 0.1) is 0 Å². The summed E-state index contributed by atoms with van der Waals surface area (Å²) >= 11 is 0. The molecule has 2 amide bonds. The molecule has 1 fully saturated rings. The van der Waals surface area contributed by atoms with Crippen LogP contribution >= 0.6 is 0 Å². The summed E-state index contributed by atoms with van der Waals surface area (Å²) in [7, 11) is 0. The molecule has 1 aromatic carbocycles. The van der Waals surface area contributed by atoms with Crippen molar-refractivity contribution in [2.75, 3.05) is 13.1 Å². The third kappa shape index (κ3) is 6.40. The molecule has 5 nitrogen and oxygen atoms in total. The number of nitrogens with one attached hydrogen (secondary N) is 1.